The molecule has 1 aromatic carbocycles. The third kappa shape index (κ3) is 2.75. The van der Waals surface area contributed by atoms with Crippen LogP contribution in [0.4, 0.5) is 0 Å². The molecule has 1 aliphatic heterocycles. The van der Waals surface area contributed by atoms with Gasteiger partial charge in [-0.2, -0.15) is 4.31 Å². The Morgan fingerprint density at radius 1 is 1.30 bits per heavy atom. The number of aromatic nitrogens is 1. The fourth-order valence-corrected chi connectivity index (χ4v) is 7.03. The van der Waals surface area contributed by atoms with E-state index in [4.69, 9.17) is 4.74 Å². The summed E-state index contributed by atoms with van der Waals surface area (Å²) in [5.41, 5.74) is 1.28. The minimum Gasteiger partial charge on any atom is -0.384 e. The fourth-order valence-electron chi connectivity index (χ4n) is 5.46. The minimum absolute atomic E-state index is 0.0800. The number of rotatable bonds is 4. The SMILES string of the molecule is COC[C@@]12CN(S(=O)(=O)c3ccc4[nH]c(=O)cc(C)c4c3)C[C@@H]1C(C)(C)C2. The van der Waals surface area contributed by atoms with E-state index in [-0.39, 0.29) is 21.3 Å². The van der Waals surface area contributed by atoms with Crippen LogP contribution < -0.4 is 5.56 Å². The van der Waals surface area contributed by atoms with Crippen LogP contribution in [0.5, 0.6) is 0 Å². The summed E-state index contributed by atoms with van der Waals surface area (Å²) in [4.78, 5) is 14.7. The van der Waals surface area contributed by atoms with Gasteiger partial charge in [-0.25, -0.2) is 8.42 Å². The highest BCUT2D eigenvalue weighted by atomic mass is 32.2. The molecule has 0 amide bonds. The van der Waals surface area contributed by atoms with Crippen LogP contribution in [-0.2, 0) is 14.8 Å². The van der Waals surface area contributed by atoms with E-state index in [0.717, 1.165) is 17.4 Å². The van der Waals surface area contributed by atoms with Crippen molar-refractivity contribution in [2.45, 2.75) is 32.1 Å². The number of sulfonamides is 1. The Labute approximate surface area is 159 Å². The first-order valence-corrected chi connectivity index (χ1v) is 10.7. The first kappa shape index (κ1) is 18.7. The molecule has 0 radical (unpaired) electrons. The number of benzene rings is 1. The Bertz CT molecular complexity index is 1070. The molecule has 1 saturated heterocycles. The van der Waals surface area contributed by atoms with Crippen LogP contribution in [-0.4, -0.2) is 44.5 Å². The minimum atomic E-state index is -3.60. The van der Waals surface area contributed by atoms with Crippen molar-refractivity contribution >= 4 is 20.9 Å². The average Bonchev–Trinajstić information content (AvgIpc) is 2.90. The summed E-state index contributed by atoms with van der Waals surface area (Å²) in [7, 11) is -1.92. The summed E-state index contributed by atoms with van der Waals surface area (Å²) in [5, 5.41) is 0.754. The molecule has 2 aliphatic rings. The van der Waals surface area contributed by atoms with E-state index in [2.05, 4.69) is 18.8 Å². The zero-order valence-corrected chi connectivity index (χ0v) is 17.0. The predicted molar refractivity (Wildman–Crippen MR) is 104 cm³/mol. The molecule has 27 heavy (non-hydrogen) atoms. The molecule has 2 aromatic rings. The maximum atomic E-state index is 13.3. The highest BCUT2D eigenvalue weighted by Crippen LogP contribution is 2.63. The zero-order chi connectivity index (χ0) is 19.6. The van der Waals surface area contributed by atoms with Gasteiger partial charge in [0.25, 0.3) is 0 Å². The number of nitrogens with zero attached hydrogens (tertiary/aromatic N) is 1. The maximum Gasteiger partial charge on any atom is 0.248 e. The highest BCUT2D eigenvalue weighted by molar-refractivity contribution is 7.89. The first-order valence-electron chi connectivity index (χ1n) is 9.22. The summed E-state index contributed by atoms with van der Waals surface area (Å²) in [6.45, 7) is 7.85. The molecule has 1 aromatic heterocycles. The van der Waals surface area contributed by atoms with Gasteiger partial charge in [-0.3, -0.25) is 4.79 Å². The molecule has 146 valence electrons. The normalized spacial score (nSPS) is 27.5. The summed E-state index contributed by atoms with van der Waals surface area (Å²) >= 11 is 0. The van der Waals surface area contributed by atoms with Crippen LogP contribution in [0.2, 0.25) is 0 Å². The van der Waals surface area contributed by atoms with E-state index in [1.54, 1.807) is 29.6 Å². The molecule has 7 heteroatoms. The van der Waals surface area contributed by atoms with Crippen LogP contribution in [0.15, 0.2) is 34.0 Å². The van der Waals surface area contributed by atoms with Crippen LogP contribution in [0.3, 0.4) is 0 Å². The van der Waals surface area contributed by atoms with Gasteiger partial charge in [-0.15, -0.1) is 0 Å². The molecular formula is C20H26N2O4S. The number of ether oxygens (including phenoxy) is 1. The van der Waals surface area contributed by atoms with Gasteiger partial charge in [0.15, 0.2) is 0 Å². The number of hydrogen-bond acceptors (Lipinski definition) is 4. The van der Waals surface area contributed by atoms with Crippen molar-refractivity contribution < 1.29 is 13.2 Å². The van der Waals surface area contributed by atoms with Crippen molar-refractivity contribution in [1.82, 2.24) is 9.29 Å². The van der Waals surface area contributed by atoms with E-state index in [1.807, 2.05) is 6.92 Å². The van der Waals surface area contributed by atoms with E-state index in [1.165, 1.54) is 6.07 Å². The van der Waals surface area contributed by atoms with Gasteiger partial charge in [0.1, 0.15) is 0 Å². The van der Waals surface area contributed by atoms with Crippen molar-refractivity contribution in [2.75, 3.05) is 26.8 Å². The molecule has 2 fully saturated rings. The molecule has 0 bridgehead atoms. The Morgan fingerprint density at radius 2 is 2.04 bits per heavy atom. The monoisotopic (exact) mass is 390 g/mol. The lowest BCUT2D eigenvalue weighted by Gasteiger charge is -2.56. The smallest absolute Gasteiger partial charge is 0.248 e. The molecular weight excluding hydrogens is 364 g/mol. The molecule has 6 nitrogen and oxygen atoms in total. The number of H-pyrrole nitrogens is 1. The van der Waals surface area contributed by atoms with Gasteiger partial charge in [-0.1, -0.05) is 13.8 Å². The third-order valence-electron chi connectivity index (χ3n) is 6.46. The lowest BCUT2D eigenvalue weighted by atomic mass is 9.48. The zero-order valence-electron chi connectivity index (χ0n) is 16.2. The molecule has 1 aliphatic carbocycles. The number of aryl methyl sites for hydroxylation is 1. The maximum absolute atomic E-state index is 13.3. The summed E-state index contributed by atoms with van der Waals surface area (Å²) in [6.07, 6.45) is 0.975. The van der Waals surface area contributed by atoms with Crippen molar-refractivity contribution in [1.29, 1.82) is 0 Å². The molecule has 4 rings (SSSR count). The highest BCUT2D eigenvalue weighted by Gasteiger charge is 2.64. The largest absolute Gasteiger partial charge is 0.384 e. The fraction of sp³-hybridized carbons (Fsp3) is 0.550. The lowest BCUT2D eigenvalue weighted by molar-refractivity contribution is -0.106. The Balaban J connectivity index is 1.72. The Hall–Kier alpha value is -1.70. The summed E-state index contributed by atoms with van der Waals surface area (Å²) in [6, 6.07) is 6.42. The Kier molecular flexibility index (Phi) is 4.07. The summed E-state index contributed by atoms with van der Waals surface area (Å²) < 4.78 is 33.8. The van der Waals surface area contributed by atoms with Gasteiger partial charge in [0, 0.05) is 42.6 Å². The van der Waals surface area contributed by atoms with Gasteiger partial charge >= 0.3 is 0 Å². The number of fused-ring (bicyclic) bond motifs is 2. The molecule has 2 atom stereocenters. The molecule has 0 unspecified atom stereocenters. The number of nitrogens with one attached hydrogen (secondary N) is 1. The van der Waals surface area contributed by atoms with E-state index in [9.17, 15) is 13.2 Å². The van der Waals surface area contributed by atoms with E-state index < -0.39 is 10.0 Å². The number of hydrogen-bond donors (Lipinski definition) is 1. The average molecular weight is 391 g/mol. The molecule has 0 spiro atoms. The summed E-state index contributed by atoms with van der Waals surface area (Å²) in [5.74, 6) is 0.304. The second kappa shape index (κ2) is 5.90. The van der Waals surface area contributed by atoms with Crippen LogP contribution in [0.25, 0.3) is 10.9 Å². The van der Waals surface area contributed by atoms with Gasteiger partial charge in [-0.05, 0) is 48.4 Å². The topological polar surface area (TPSA) is 79.5 Å². The standard InChI is InChI=1S/C20H26N2O4S/c1-13-7-18(23)21-16-6-5-14(8-15(13)16)27(24,25)22-9-17-19(2,3)10-20(17,11-22)12-26-4/h5-8,17H,9-12H2,1-4H3,(H,21,23)/t17-,20-/m1/s1. The molecule has 1 saturated carbocycles. The van der Waals surface area contributed by atoms with Gasteiger partial charge in [0.05, 0.1) is 11.5 Å². The van der Waals surface area contributed by atoms with Gasteiger partial charge in [0.2, 0.25) is 15.6 Å². The third-order valence-corrected chi connectivity index (χ3v) is 8.27. The van der Waals surface area contributed by atoms with Crippen LogP contribution in [0.1, 0.15) is 25.8 Å². The quantitative estimate of drug-likeness (QED) is 0.870. The molecule has 2 heterocycles. The number of aromatic amines is 1. The van der Waals surface area contributed by atoms with Crippen LogP contribution >= 0.6 is 0 Å². The van der Waals surface area contributed by atoms with Crippen molar-refractivity contribution in [3.8, 4) is 0 Å². The second-order valence-electron chi connectivity index (χ2n) is 8.83. The van der Waals surface area contributed by atoms with Gasteiger partial charge < -0.3 is 9.72 Å². The van der Waals surface area contributed by atoms with Crippen molar-refractivity contribution in [2.24, 2.45) is 16.7 Å². The van der Waals surface area contributed by atoms with Crippen molar-refractivity contribution in [3.63, 3.8) is 0 Å². The number of methoxy groups -OCH3 is 1. The lowest BCUT2D eigenvalue weighted by Crippen LogP contribution is -2.55. The Morgan fingerprint density at radius 3 is 2.70 bits per heavy atom. The number of pyridine rings is 1. The van der Waals surface area contributed by atoms with E-state index in [0.29, 0.717) is 31.1 Å². The van der Waals surface area contributed by atoms with Crippen LogP contribution in [0, 0.1) is 23.7 Å². The second-order valence-corrected chi connectivity index (χ2v) is 10.8. The van der Waals surface area contributed by atoms with E-state index >= 15 is 0 Å². The molecule has 1 N–H and O–H groups in total. The van der Waals surface area contributed by atoms with Crippen molar-refractivity contribution in [3.05, 3.63) is 40.2 Å². The predicted octanol–water partition coefficient (Wildman–Crippen LogP) is 2.52. The first-order chi connectivity index (χ1) is 12.6.